The maximum atomic E-state index is 5.13. The fraction of sp³-hybridized carbons (Fsp3) is 0.0175. The van der Waals surface area contributed by atoms with Crippen molar-refractivity contribution in [1.82, 2.24) is 9.97 Å². The lowest BCUT2D eigenvalue weighted by atomic mass is 9.88. The highest BCUT2D eigenvalue weighted by atomic mass is 32.1. The van der Waals surface area contributed by atoms with Crippen molar-refractivity contribution in [1.29, 1.82) is 0 Å². The van der Waals surface area contributed by atoms with Crippen molar-refractivity contribution < 1.29 is 0 Å². The van der Waals surface area contributed by atoms with Gasteiger partial charge in [0.05, 0.1) is 11.4 Å². The third-order valence-electron chi connectivity index (χ3n) is 12.1. The summed E-state index contributed by atoms with van der Waals surface area (Å²) in [6.45, 7) is 0. The van der Waals surface area contributed by atoms with Gasteiger partial charge >= 0.3 is 0 Å². The van der Waals surface area contributed by atoms with Gasteiger partial charge in [-0.2, -0.15) is 0 Å². The van der Waals surface area contributed by atoms with Gasteiger partial charge in [0, 0.05) is 42.4 Å². The lowest BCUT2D eigenvalue weighted by molar-refractivity contribution is 1.18. The van der Waals surface area contributed by atoms with Gasteiger partial charge in [-0.05, 0) is 97.6 Å². The molecule has 0 spiro atoms. The molecule has 1 aliphatic carbocycles. The molecule has 0 unspecified atom stereocenters. The first-order chi connectivity index (χ1) is 29.7. The molecule has 0 saturated carbocycles. The van der Waals surface area contributed by atoms with Crippen LogP contribution >= 0.6 is 11.3 Å². The maximum Gasteiger partial charge on any atom is 0.160 e. The first-order valence-corrected chi connectivity index (χ1v) is 21.3. The fourth-order valence-electron chi connectivity index (χ4n) is 9.32. The standard InChI is InChI=1S/C57H36N2S/c1-3-15-36(16-4-1)52-35-53(59-57(58-52)37-17-5-2-6-18-37)41-22-12-20-39(32-41)38-19-11-21-40(31-38)49-34-51-50(44-25-8-7-24-43(44)49)33-42-23-13-27-46(55(42)51)48-29-14-28-47-45-26-9-10-30-54(45)60-56(47)48/h1-32,34-35H,33H2. The van der Waals surface area contributed by atoms with E-state index >= 15 is 0 Å². The van der Waals surface area contributed by atoms with Gasteiger partial charge in [-0.1, -0.05) is 176 Å². The average Bonchev–Trinajstić information content (AvgIpc) is 3.91. The van der Waals surface area contributed by atoms with E-state index in [2.05, 4.69) is 182 Å². The van der Waals surface area contributed by atoms with E-state index in [0.29, 0.717) is 5.82 Å². The number of benzene rings is 9. The normalized spacial score (nSPS) is 11.9. The van der Waals surface area contributed by atoms with Crippen LogP contribution in [0.4, 0.5) is 0 Å². The molecule has 0 fully saturated rings. The molecule has 0 atom stereocenters. The summed E-state index contributed by atoms with van der Waals surface area (Å²) in [5.41, 5.74) is 17.8. The van der Waals surface area contributed by atoms with E-state index in [9.17, 15) is 0 Å². The molecule has 3 heteroatoms. The van der Waals surface area contributed by atoms with Crippen LogP contribution in [-0.4, -0.2) is 9.97 Å². The van der Waals surface area contributed by atoms with Gasteiger partial charge < -0.3 is 0 Å². The molecule has 2 heterocycles. The first-order valence-electron chi connectivity index (χ1n) is 20.5. The van der Waals surface area contributed by atoms with Gasteiger partial charge in [-0.25, -0.2) is 9.97 Å². The van der Waals surface area contributed by atoms with Crippen LogP contribution in [-0.2, 0) is 6.42 Å². The highest BCUT2D eigenvalue weighted by Gasteiger charge is 2.26. The summed E-state index contributed by atoms with van der Waals surface area (Å²) in [5.74, 6) is 0.716. The highest BCUT2D eigenvalue weighted by Crippen LogP contribution is 2.50. The molecule has 280 valence electrons. The lowest BCUT2D eigenvalue weighted by Gasteiger charge is -2.16. The van der Waals surface area contributed by atoms with E-state index in [1.165, 1.54) is 75.5 Å². The zero-order valence-corrected chi connectivity index (χ0v) is 33.5. The van der Waals surface area contributed by atoms with Gasteiger partial charge in [0.1, 0.15) is 0 Å². The predicted octanol–water partition coefficient (Wildman–Crippen LogP) is 15.6. The molecule has 11 aromatic rings. The van der Waals surface area contributed by atoms with Crippen LogP contribution in [0.15, 0.2) is 206 Å². The summed E-state index contributed by atoms with van der Waals surface area (Å²) in [7, 11) is 0. The molecule has 0 bridgehead atoms. The highest BCUT2D eigenvalue weighted by molar-refractivity contribution is 7.26. The summed E-state index contributed by atoms with van der Waals surface area (Å²) in [6, 6.07) is 74.5. The van der Waals surface area contributed by atoms with Crippen molar-refractivity contribution in [2.75, 3.05) is 0 Å². The predicted molar refractivity (Wildman–Crippen MR) is 253 cm³/mol. The van der Waals surface area contributed by atoms with Crippen molar-refractivity contribution in [3.8, 4) is 78.4 Å². The van der Waals surface area contributed by atoms with Crippen LogP contribution in [0.5, 0.6) is 0 Å². The molecule has 2 aromatic heterocycles. The van der Waals surface area contributed by atoms with Crippen molar-refractivity contribution in [3.05, 3.63) is 217 Å². The molecule has 0 amide bonds. The van der Waals surface area contributed by atoms with Crippen molar-refractivity contribution in [2.45, 2.75) is 6.42 Å². The smallest absolute Gasteiger partial charge is 0.160 e. The second-order valence-electron chi connectivity index (χ2n) is 15.6. The monoisotopic (exact) mass is 780 g/mol. The summed E-state index contributed by atoms with van der Waals surface area (Å²) in [4.78, 5) is 10.2. The number of thiophene rings is 1. The first kappa shape index (κ1) is 34.6. The Morgan fingerprint density at radius 1 is 0.350 bits per heavy atom. The van der Waals surface area contributed by atoms with E-state index in [4.69, 9.17) is 9.97 Å². The maximum absolute atomic E-state index is 5.13. The quantitative estimate of drug-likeness (QED) is 0.168. The number of nitrogens with zero attached hydrogens (tertiary/aromatic N) is 2. The van der Waals surface area contributed by atoms with Crippen LogP contribution in [0.3, 0.4) is 0 Å². The lowest BCUT2D eigenvalue weighted by Crippen LogP contribution is -1.96. The molecule has 9 aromatic carbocycles. The molecule has 0 aliphatic heterocycles. The van der Waals surface area contributed by atoms with E-state index in [-0.39, 0.29) is 0 Å². The van der Waals surface area contributed by atoms with Crippen LogP contribution in [0.1, 0.15) is 11.1 Å². The minimum Gasteiger partial charge on any atom is -0.228 e. The summed E-state index contributed by atoms with van der Waals surface area (Å²) in [5, 5.41) is 5.27. The molecule has 60 heavy (non-hydrogen) atoms. The van der Waals surface area contributed by atoms with Gasteiger partial charge in [0.25, 0.3) is 0 Å². The van der Waals surface area contributed by atoms with Gasteiger partial charge in [-0.15, -0.1) is 11.3 Å². The molecule has 0 radical (unpaired) electrons. The Balaban J connectivity index is 0.982. The second kappa shape index (κ2) is 14.1. The topological polar surface area (TPSA) is 25.8 Å². The Morgan fingerprint density at radius 3 is 1.72 bits per heavy atom. The average molecular weight is 781 g/mol. The van der Waals surface area contributed by atoms with Gasteiger partial charge in [-0.3, -0.25) is 0 Å². The van der Waals surface area contributed by atoms with Crippen molar-refractivity contribution >= 4 is 42.3 Å². The Morgan fingerprint density at radius 2 is 0.917 bits per heavy atom. The molecule has 1 aliphatic rings. The van der Waals surface area contributed by atoms with Gasteiger partial charge in [0.2, 0.25) is 0 Å². The third kappa shape index (κ3) is 5.78. The molecule has 2 nitrogen and oxygen atoms in total. The van der Waals surface area contributed by atoms with Gasteiger partial charge in [0.15, 0.2) is 5.82 Å². The van der Waals surface area contributed by atoms with E-state index < -0.39 is 0 Å². The van der Waals surface area contributed by atoms with Crippen LogP contribution in [0.2, 0.25) is 0 Å². The van der Waals surface area contributed by atoms with E-state index in [1.54, 1.807) is 0 Å². The van der Waals surface area contributed by atoms with Crippen molar-refractivity contribution in [2.24, 2.45) is 0 Å². The SMILES string of the molecule is c1ccc(-c2cc(-c3cccc(-c4cccc(-c5cc6c(c7ccccc57)Cc5cccc(-c7cccc8c7sc7ccccc78)c5-6)c4)c3)nc(-c3ccccc3)n2)cc1. The largest absolute Gasteiger partial charge is 0.228 e. The molecule has 0 N–H and O–H groups in total. The zero-order chi connectivity index (χ0) is 39.6. The number of hydrogen-bond donors (Lipinski definition) is 0. The molecule has 12 rings (SSSR count). The number of hydrogen-bond acceptors (Lipinski definition) is 3. The minimum atomic E-state index is 0.716. The minimum absolute atomic E-state index is 0.716. The van der Waals surface area contributed by atoms with Crippen LogP contribution in [0, 0.1) is 0 Å². The van der Waals surface area contributed by atoms with Crippen molar-refractivity contribution in [3.63, 3.8) is 0 Å². The molecular formula is C57H36N2S. The Hall–Kier alpha value is -7.46. The summed E-state index contributed by atoms with van der Waals surface area (Å²) < 4.78 is 2.68. The van der Waals surface area contributed by atoms with E-state index in [1.807, 2.05) is 35.6 Å². The Bertz CT molecular complexity index is 3400. The Labute approximate surface area is 352 Å². The second-order valence-corrected chi connectivity index (χ2v) is 16.7. The number of fused-ring (bicyclic) bond motifs is 8. The molecule has 0 saturated heterocycles. The summed E-state index contributed by atoms with van der Waals surface area (Å²) in [6.07, 6.45) is 0.926. The van der Waals surface area contributed by atoms with E-state index in [0.717, 1.165) is 45.6 Å². The molecular weight excluding hydrogens is 745 g/mol. The third-order valence-corrected chi connectivity index (χ3v) is 13.4. The number of aromatic nitrogens is 2. The van der Waals surface area contributed by atoms with Crippen LogP contribution in [0.25, 0.3) is 109 Å². The van der Waals surface area contributed by atoms with Crippen LogP contribution < -0.4 is 0 Å². The number of rotatable bonds is 6. The Kier molecular flexibility index (Phi) is 8.14. The fourth-order valence-corrected chi connectivity index (χ4v) is 10.6. The zero-order valence-electron chi connectivity index (χ0n) is 32.6. The summed E-state index contributed by atoms with van der Waals surface area (Å²) >= 11 is 1.90.